The standard InChI is InChI=1S/C4H4N4O/c9-4-5-1-3-6-2-7-8(3)4/h2H,1H2,(H,5,9). The molecule has 5 nitrogen and oxygen atoms in total. The number of hydrogen-bond acceptors (Lipinski definition) is 3. The molecule has 46 valence electrons. The number of rotatable bonds is 0. The van der Waals surface area contributed by atoms with Crippen molar-refractivity contribution in [1.82, 2.24) is 20.1 Å². The van der Waals surface area contributed by atoms with E-state index in [4.69, 9.17) is 0 Å². The molecule has 1 amide bonds. The highest BCUT2D eigenvalue weighted by Gasteiger charge is 2.18. The Hall–Kier alpha value is -1.39. The van der Waals surface area contributed by atoms with Crippen molar-refractivity contribution in [2.75, 3.05) is 0 Å². The first kappa shape index (κ1) is 4.49. The normalized spacial score (nSPS) is 15.3. The number of nitrogens with one attached hydrogen (secondary N) is 1. The third-order valence-corrected chi connectivity index (χ3v) is 1.21. The average Bonchev–Trinajstić information content (AvgIpc) is 2.35. The lowest BCUT2D eigenvalue weighted by atomic mass is 10.6. The van der Waals surface area contributed by atoms with Gasteiger partial charge in [-0.3, -0.25) is 0 Å². The van der Waals surface area contributed by atoms with Crippen molar-refractivity contribution in [3.05, 3.63) is 12.2 Å². The lowest BCUT2D eigenvalue weighted by molar-refractivity contribution is 0.244. The van der Waals surface area contributed by atoms with Gasteiger partial charge >= 0.3 is 6.03 Å². The van der Waals surface area contributed by atoms with Gasteiger partial charge in [-0.2, -0.15) is 9.78 Å². The summed E-state index contributed by atoms with van der Waals surface area (Å²) in [6.07, 6.45) is 1.37. The molecule has 0 radical (unpaired) electrons. The van der Waals surface area contributed by atoms with Crippen LogP contribution in [0, 0.1) is 0 Å². The molecule has 1 N–H and O–H groups in total. The van der Waals surface area contributed by atoms with E-state index in [1.807, 2.05) is 0 Å². The molecule has 1 aliphatic heterocycles. The lowest BCUT2D eigenvalue weighted by Crippen LogP contribution is -2.18. The minimum atomic E-state index is -0.192. The molecule has 1 aromatic rings. The van der Waals surface area contributed by atoms with Crippen molar-refractivity contribution < 1.29 is 4.79 Å². The zero-order valence-corrected chi connectivity index (χ0v) is 4.53. The highest BCUT2D eigenvalue weighted by molar-refractivity contribution is 5.78. The van der Waals surface area contributed by atoms with Crippen LogP contribution in [0.3, 0.4) is 0 Å². The second-order valence-corrected chi connectivity index (χ2v) is 1.75. The van der Waals surface area contributed by atoms with Gasteiger partial charge in [-0.05, 0) is 0 Å². The van der Waals surface area contributed by atoms with Crippen molar-refractivity contribution in [3.63, 3.8) is 0 Å². The summed E-state index contributed by atoms with van der Waals surface area (Å²) in [5.41, 5.74) is 0. The summed E-state index contributed by atoms with van der Waals surface area (Å²) in [6.45, 7) is 0.499. The minimum Gasteiger partial charge on any atom is -0.329 e. The van der Waals surface area contributed by atoms with E-state index in [-0.39, 0.29) is 6.03 Å². The van der Waals surface area contributed by atoms with Gasteiger partial charge in [0.05, 0.1) is 6.54 Å². The van der Waals surface area contributed by atoms with Crippen LogP contribution in [-0.2, 0) is 6.54 Å². The SMILES string of the molecule is O=C1NCc2ncnn21. The highest BCUT2D eigenvalue weighted by Crippen LogP contribution is 1.98. The first-order valence-corrected chi connectivity index (χ1v) is 2.55. The topological polar surface area (TPSA) is 59.8 Å². The first-order valence-electron chi connectivity index (χ1n) is 2.55. The molecule has 0 unspecified atom stereocenters. The number of fused-ring (bicyclic) bond motifs is 1. The summed E-state index contributed by atoms with van der Waals surface area (Å²) in [5.74, 6) is 0.681. The maximum Gasteiger partial charge on any atom is 0.344 e. The second kappa shape index (κ2) is 1.31. The van der Waals surface area contributed by atoms with Gasteiger partial charge in [0.15, 0.2) is 5.82 Å². The molecule has 0 saturated heterocycles. The van der Waals surface area contributed by atoms with Gasteiger partial charge in [-0.1, -0.05) is 0 Å². The number of carbonyl (C=O) groups is 1. The second-order valence-electron chi connectivity index (χ2n) is 1.75. The molecule has 0 saturated carbocycles. The van der Waals surface area contributed by atoms with E-state index in [0.717, 1.165) is 0 Å². The Morgan fingerprint density at radius 2 is 2.67 bits per heavy atom. The van der Waals surface area contributed by atoms with E-state index in [1.54, 1.807) is 0 Å². The fourth-order valence-corrected chi connectivity index (χ4v) is 0.785. The quantitative estimate of drug-likeness (QED) is 0.500. The fraction of sp³-hybridized carbons (Fsp3) is 0.250. The number of aromatic nitrogens is 3. The van der Waals surface area contributed by atoms with E-state index in [2.05, 4.69) is 15.4 Å². The van der Waals surface area contributed by atoms with E-state index < -0.39 is 0 Å². The Kier molecular flexibility index (Phi) is 0.652. The van der Waals surface area contributed by atoms with Crippen LogP contribution in [0.1, 0.15) is 5.82 Å². The lowest BCUT2D eigenvalue weighted by Gasteiger charge is -1.85. The highest BCUT2D eigenvalue weighted by atomic mass is 16.2. The van der Waals surface area contributed by atoms with Gasteiger partial charge in [0.25, 0.3) is 0 Å². The van der Waals surface area contributed by atoms with Crippen molar-refractivity contribution in [2.24, 2.45) is 0 Å². The molecule has 1 aromatic heterocycles. The van der Waals surface area contributed by atoms with Crippen LogP contribution in [0.25, 0.3) is 0 Å². The van der Waals surface area contributed by atoms with E-state index in [1.165, 1.54) is 11.0 Å². The van der Waals surface area contributed by atoms with Crippen LogP contribution in [0.5, 0.6) is 0 Å². The summed E-state index contributed by atoms with van der Waals surface area (Å²) in [6, 6.07) is -0.192. The fourth-order valence-electron chi connectivity index (χ4n) is 0.785. The van der Waals surface area contributed by atoms with Crippen LogP contribution >= 0.6 is 0 Å². The van der Waals surface area contributed by atoms with Gasteiger partial charge in [-0.25, -0.2) is 9.78 Å². The molecule has 0 atom stereocenters. The molecule has 5 heteroatoms. The maximum absolute atomic E-state index is 10.7. The van der Waals surface area contributed by atoms with Gasteiger partial charge < -0.3 is 5.32 Å². The predicted octanol–water partition coefficient (Wildman–Crippen LogP) is -0.651. The Morgan fingerprint density at radius 3 is 3.44 bits per heavy atom. The molecule has 2 rings (SSSR count). The van der Waals surface area contributed by atoms with E-state index in [0.29, 0.717) is 12.4 Å². The molecule has 2 heterocycles. The van der Waals surface area contributed by atoms with Gasteiger partial charge in [0, 0.05) is 0 Å². The Bertz CT molecular complexity index is 253. The third-order valence-electron chi connectivity index (χ3n) is 1.21. The molecule has 1 aliphatic rings. The summed E-state index contributed by atoms with van der Waals surface area (Å²) in [4.78, 5) is 14.5. The molecule has 0 fully saturated rings. The van der Waals surface area contributed by atoms with Crippen molar-refractivity contribution in [3.8, 4) is 0 Å². The molecule has 0 aliphatic carbocycles. The van der Waals surface area contributed by atoms with Gasteiger partial charge in [0.2, 0.25) is 0 Å². The number of nitrogens with zero attached hydrogens (tertiary/aromatic N) is 3. The smallest absolute Gasteiger partial charge is 0.329 e. The van der Waals surface area contributed by atoms with Crippen LogP contribution in [-0.4, -0.2) is 20.8 Å². The van der Waals surface area contributed by atoms with E-state index in [9.17, 15) is 4.79 Å². The number of carbonyl (C=O) groups excluding carboxylic acids is 1. The maximum atomic E-state index is 10.7. The van der Waals surface area contributed by atoms with Crippen LogP contribution in [0.2, 0.25) is 0 Å². The summed E-state index contributed by atoms with van der Waals surface area (Å²) < 4.78 is 1.25. The Morgan fingerprint density at radius 1 is 1.78 bits per heavy atom. The van der Waals surface area contributed by atoms with Crippen molar-refractivity contribution >= 4 is 6.03 Å². The Labute approximate surface area is 50.7 Å². The summed E-state index contributed by atoms with van der Waals surface area (Å²) >= 11 is 0. The minimum absolute atomic E-state index is 0.192. The monoisotopic (exact) mass is 124 g/mol. The molecule has 0 bridgehead atoms. The first-order chi connectivity index (χ1) is 4.38. The van der Waals surface area contributed by atoms with Crippen LogP contribution < -0.4 is 5.32 Å². The molecular formula is C4H4N4O. The van der Waals surface area contributed by atoms with E-state index >= 15 is 0 Å². The van der Waals surface area contributed by atoms with Crippen LogP contribution in [0.4, 0.5) is 4.79 Å². The van der Waals surface area contributed by atoms with Gasteiger partial charge in [-0.15, -0.1) is 0 Å². The summed E-state index contributed by atoms with van der Waals surface area (Å²) in [5, 5.41) is 6.24. The third kappa shape index (κ3) is 0.453. The zero-order valence-electron chi connectivity index (χ0n) is 4.53. The zero-order chi connectivity index (χ0) is 6.27. The predicted molar refractivity (Wildman–Crippen MR) is 27.7 cm³/mol. The van der Waals surface area contributed by atoms with Crippen molar-refractivity contribution in [2.45, 2.75) is 6.54 Å². The van der Waals surface area contributed by atoms with Crippen LogP contribution in [0.15, 0.2) is 6.33 Å². The molecular weight excluding hydrogens is 120 g/mol. The Balaban J connectivity index is 2.61. The molecule has 9 heavy (non-hydrogen) atoms. The largest absolute Gasteiger partial charge is 0.344 e. The molecule has 0 aromatic carbocycles. The average molecular weight is 124 g/mol. The van der Waals surface area contributed by atoms with Gasteiger partial charge in [0.1, 0.15) is 6.33 Å². The molecule has 0 spiro atoms. The van der Waals surface area contributed by atoms with Crippen molar-refractivity contribution in [1.29, 1.82) is 0 Å². The number of amides is 1. The summed E-state index contributed by atoms with van der Waals surface area (Å²) in [7, 11) is 0. The number of hydrogen-bond donors (Lipinski definition) is 1.